The molecule has 0 aromatic heterocycles. The molecule has 1 saturated carbocycles. The van der Waals surface area contributed by atoms with E-state index in [1.807, 2.05) is 34.6 Å². The number of rotatable bonds is 2. The summed E-state index contributed by atoms with van der Waals surface area (Å²) in [5.74, 6) is 0. The minimum absolute atomic E-state index is 0.112. The average Bonchev–Trinajstić information content (AvgIpc) is 2.57. The van der Waals surface area contributed by atoms with Gasteiger partial charge in [0, 0.05) is 26.2 Å². The second kappa shape index (κ2) is 11.4. The van der Waals surface area contributed by atoms with Gasteiger partial charge in [-0.3, -0.25) is 9.69 Å². The Hall–Kier alpha value is -1.12. The van der Waals surface area contributed by atoms with Crippen LogP contribution in [0.1, 0.15) is 66.7 Å². The average molecular weight is 340 g/mol. The molecule has 0 aromatic rings. The molecule has 0 atom stereocenters. The number of nitriles is 1. The standard InChI is InChI=1S/C12H21N3.C5H10O2.C2H6/c1-14-7-9-15(10-8-14)12(11-13)5-3-2-4-6-12;1-5(2,3)7-4-6;1-2/h2-10H2,1H3;4H,1-3H3;1-2H3. The first-order chi connectivity index (χ1) is 11.3. The molecule has 5 heteroatoms. The maximum atomic E-state index is 9.60. The van der Waals surface area contributed by atoms with E-state index in [-0.39, 0.29) is 11.1 Å². The van der Waals surface area contributed by atoms with Crippen molar-refractivity contribution in [3.8, 4) is 6.07 Å². The molecule has 0 radical (unpaired) electrons. The third kappa shape index (κ3) is 8.12. The molecule has 0 N–H and O–H groups in total. The van der Waals surface area contributed by atoms with Gasteiger partial charge >= 0.3 is 0 Å². The summed E-state index contributed by atoms with van der Waals surface area (Å²) >= 11 is 0. The van der Waals surface area contributed by atoms with E-state index in [1.54, 1.807) is 0 Å². The number of hydrogen-bond acceptors (Lipinski definition) is 5. The quantitative estimate of drug-likeness (QED) is 0.721. The van der Waals surface area contributed by atoms with Crippen molar-refractivity contribution in [3.05, 3.63) is 0 Å². The molecule has 24 heavy (non-hydrogen) atoms. The summed E-state index contributed by atoms with van der Waals surface area (Å²) in [4.78, 5) is 14.4. The van der Waals surface area contributed by atoms with Crippen molar-refractivity contribution >= 4 is 6.47 Å². The predicted octanol–water partition coefficient (Wildman–Crippen LogP) is 3.44. The van der Waals surface area contributed by atoms with E-state index in [1.165, 1.54) is 19.3 Å². The van der Waals surface area contributed by atoms with E-state index in [0.29, 0.717) is 6.47 Å². The van der Waals surface area contributed by atoms with Crippen molar-refractivity contribution in [2.75, 3.05) is 33.2 Å². The largest absolute Gasteiger partial charge is 0.462 e. The van der Waals surface area contributed by atoms with Gasteiger partial charge in [0.25, 0.3) is 6.47 Å². The lowest BCUT2D eigenvalue weighted by atomic mass is 9.81. The van der Waals surface area contributed by atoms with Crippen LogP contribution in [0.4, 0.5) is 0 Å². The Labute approximate surface area is 148 Å². The molecule has 0 spiro atoms. The fourth-order valence-corrected chi connectivity index (χ4v) is 3.01. The van der Waals surface area contributed by atoms with Crippen molar-refractivity contribution in [2.45, 2.75) is 77.9 Å². The zero-order chi connectivity index (χ0) is 18.6. The molecular weight excluding hydrogens is 302 g/mol. The van der Waals surface area contributed by atoms with Crippen LogP contribution in [0.5, 0.6) is 0 Å². The van der Waals surface area contributed by atoms with Crippen molar-refractivity contribution in [3.63, 3.8) is 0 Å². The monoisotopic (exact) mass is 339 g/mol. The lowest BCUT2D eigenvalue weighted by molar-refractivity contribution is -0.138. The van der Waals surface area contributed by atoms with Crippen LogP contribution in [0.3, 0.4) is 0 Å². The molecule has 0 amide bonds. The molecule has 1 saturated heterocycles. The normalized spacial score (nSPS) is 21.2. The predicted molar refractivity (Wildman–Crippen MR) is 98.7 cm³/mol. The van der Waals surface area contributed by atoms with Gasteiger partial charge in [-0.15, -0.1) is 0 Å². The first kappa shape index (κ1) is 22.9. The van der Waals surface area contributed by atoms with E-state index in [2.05, 4.69) is 27.7 Å². The Balaban J connectivity index is 0.000000501. The van der Waals surface area contributed by atoms with Crippen molar-refractivity contribution in [1.29, 1.82) is 5.26 Å². The Morgan fingerprint density at radius 1 is 1.04 bits per heavy atom. The minimum atomic E-state index is -0.318. The van der Waals surface area contributed by atoms with Crippen LogP contribution >= 0.6 is 0 Å². The van der Waals surface area contributed by atoms with Gasteiger partial charge in [0.2, 0.25) is 0 Å². The number of ether oxygens (including phenoxy) is 1. The summed E-state index contributed by atoms with van der Waals surface area (Å²) in [6, 6.07) is 2.61. The van der Waals surface area contributed by atoms with Crippen LogP contribution in [0, 0.1) is 11.3 Å². The number of carbonyl (C=O) groups is 1. The van der Waals surface area contributed by atoms with Crippen LogP contribution < -0.4 is 0 Å². The summed E-state index contributed by atoms with van der Waals surface area (Å²) in [5.41, 5.74) is -0.429. The maximum absolute atomic E-state index is 9.60. The van der Waals surface area contributed by atoms with Crippen molar-refractivity contribution in [2.24, 2.45) is 0 Å². The highest BCUT2D eigenvalue weighted by molar-refractivity contribution is 5.37. The molecule has 2 fully saturated rings. The van der Waals surface area contributed by atoms with E-state index >= 15 is 0 Å². The first-order valence-corrected chi connectivity index (χ1v) is 9.29. The Bertz CT molecular complexity index is 371. The Morgan fingerprint density at radius 2 is 1.54 bits per heavy atom. The molecule has 140 valence electrons. The number of piperazine rings is 1. The van der Waals surface area contributed by atoms with Crippen LogP contribution in [-0.2, 0) is 9.53 Å². The van der Waals surface area contributed by atoms with Gasteiger partial charge in [-0.05, 0) is 40.7 Å². The van der Waals surface area contributed by atoms with E-state index < -0.39 is 0 Å². The zero-order valence-corrected chi connectivity index (χ0v) is 16.6. The summed E-state index contributed by atoms with van der Waals surface area (Å²) in [7, 11) is 2.16. The maximum Gasteiger partial charge on any atom is 0.293 e. The number of carbonyl (C=O) groups excluding carboxylic acids is 1. The van der Waals surface area contributed by atoms with Gasteiger partial charge in [-0.1, -0.05) is 33.1 Å². The van der Waals surface area contributed by atoms with Crippen LogP contribution in [0.25, 0.3) is 0 Å². The molecule has 2 rings (SSSR count). The summed E-state index contributed by atoms with van der Waals surface area (Å²) in [5, 5.41) is 9.45. The van der Waals surface area contributed by atoms with Gasteiger partial charge in [-0.2, -0.15) is 5.26 Å². The number of hydrogen-bond donors (Lipinski definition) is 0. The third-order valence-corrected chi connectivity index (χ3v) is 4.40. The second-order valence-corrected chi connectivity index (χ2v) is 7.32. The van der Waals surface area contributed by atoms with Gasteiger partial charge < -0.3 is 9.64 Å². The lowest BCUT2D eigenvalue weighted by Crippen LogP contribution is -2.56. The second-order valence-electron chi connectivity index (χ2n) is 7.32. The topological polar surface area (TPSA) is 56.6 Å². The van der Waals surface area contributed by atoms with Crippen molar-refractivity contribution < 1.29 is 9.53 Å². The molecular formula is C19H37N3O2. The van der Waals surface area contributed by atoms with Crippen LogP contribution in [-0.4, -0.2) is 60.6 Å². The molecule has 0 bridgehead atoms. The fourth-order valence-electron chi connectivity index (χ4n) is 3.01. The lowest BCUT2D eigenvalue weighted by Gasteiger charge is -2.45. The van der Waals surface area contributed by atoms with Gasteiger partial charge in [0.1, 0.15) is 11.1 Å². The van der Waals surface area contributed by atoms with Gasteiger partial charge in [0.05, 0.1) is 6.07 Å². The highest BCUT2D eigenvalue weighted by Gasteiger charge is 2.38. The molecule has 1 aliphatic carbocycles. The van der Waals surface area contributed by atoms with Gasteiger partial charge in [0.15, 0.2) is 0 Å². The molecule has 0 aromatic carbocycles. The molecule has 0 unspecified atom stereocenters. The third-order valence-electron chi connectivity index (χ3n) is 4.40. The zero-order valence-electron chi connectivity index (χ0n) is 16.6. The molecule has 1 heterocycles. The summed E-state index contributed by atoms with van der Waals surface area (Å²) in [6.45, 7) is 14.3. The van der Waals surface area contributed by atoms with E-state index in [0.717, 1.165) is 39.0 Å². The molecule has 2 aliphatic rings. The Kier molecular flexibility index (Phi) is 10.9. The molecule has 1 aliphatic heterocycles. The van der Waals surface area contributed by atoms with Crippen LogP contribution in [0.2, 0.25) is 0 Å². The fraction of sp³-hybridized carbons (Fsp3) is 0.895. The highest BCUT2D eigenvalue weighted by Crippen LogP contribution is 2.33. The Morgan fingerprint density at radius 3 is 1.88 bits per heavy atom. The first-order valence-electron chi connectivity index (χ1n) is 9.29. The van der Waals surface area contributed by atoms with Crippen molar-refractivity contribution in [1.82, 2.24) is 9.80 Å². The minimum Gasteiger partial charge on any atom is -0.462 e. The van der Waals surface area contributed by atoms with Crippen LogP contribution in [0.15, 0.2) is 0 Å². The summed E-state index contributed by atoms with van der Waals surface area (Å²) < 4.78 is 4.55. The van der Waals surface area contributed by atoms with Gasteiger partial charge in [-0.25, -0.2) is 0 Å². The van der Waals surface area contributed by atoms with E-state index in [4.69, 9.17) is 0 Å². The smallest absolute Gasteiger partial charge is 0.293 e. The molecule has 5 nitrogen and oxygen atoms in total. The summed E-state index contributed by atoms with van der Waals surface area (Å²) in [6.07, 6.45) is 5.97. The highest BCUT2D eigenvalue weighted by atomic mass is 16.5. The number of nitrogens with zero attached hydrogens (tertiary/aromatic N) is 3. The van der Waals surface area contributed by atoms with E-state index in [9.17, 15) is 10.1 Å². The SMILES string of the molecule is CC.CC(C)(C)OC=O.CN1CCN(C2(C#N)CCCCC2)CC1. The number of likely N-dealkylation sites (N-methyl/N-ethyl adjacent to an activating group) is 1.